The Kier molecular flexibility index (Phi) is 4.03. The number of rotatable bonds is 4. The highest BCUT2D eigenvalue weighted by Gasteiger charge is 2.13. The number of carbonyl (C=O) groups is 1. The van der Waals surface area contributed by atoms with Gasteiger partial charge in [0, 0.05) is 16.7 Å². The summed E-state index contributed by atoms with van der Waals surface area (Å²) in [5.74, 6) is 0.648. The van der Waals surface area contributed by atoms with Crippen molar-refractivity contribution in [3.05, 3.63) is 41.2 Å². The van der Waals surface area contributed by atoms with E-state index in [1.54, 1.807) is 31.4 Å². The minimum atomic E-state index is -0.371. The molecule has 0 atom stereocenters. The molecule has 0 spiro atoms. The molecule has 0 saturated carbocycles. The zero-order chi connectivity index (χ0) is 15.5. The maximum absolute atomic E-state index is 11.9. The molecule has 0 saturated heterocycles. The van der Waals surface area contributed by atoms with Crippen molar-refractivity contribution >= 4 is 35.1 Å². The fraction of sp³-hybridized carbons (Fsp3) is 0.0769. The van der Waals surface area contributed by atoms with Crippen LogP contribution in [0.5, 0.6) is 5.75 Å². The van der Waals surface area contributed by atoms with Crippen LogP contribution in [0.4, 0.5) is 5.82 Å². The molecule has 1 aromatic carbocycles. The SMILES string of the molecule is COc1ccc(Cl)cc1-c1cc(NC(=O)c2cnsn2)n[nH]1. The standard InChI is InChI=1S/C13H10ClN5O2S/c1-21-11-3-2-7(14)4-8(11)9-5-12(18-17-9)16-13(20)10-6-15-22-19-10/h2-6H,1H3,(H2,16,17,18,20). The Labute approximate surface area is 134 Å². The lowest BCUT2D eigenvalue weighted by Crippen LogP contribution is -2.12. The summed E-state index contributed by atoms with van der Waals surface area (Å²) in [5, 5.41) is 10.1. The molecule has 0 radical (unpaired) electrons. The van der Waals surface area contributed by atoms with Crippen LogP contribution < -0.4 is 10.1 Å². The van der Waals surface area contributed by atoms with E-state index in [1.807, 2.05) is 0 Å². The number of H-pyrrole nitrogens is 1. The molecule has 9 heteroatoms. The number of benzene rings is 1. The Morgan fingerprint density at radius 1 is 1.41 bits per heavy atom. The second-order valence-electron chi connectivity index (χ2n) is 4.26. The second-order valence-corrected chi connectivity index (χ2v) is 5.25. The number of nitrogens with zero attached hydrogens (tertiary/aromatic N) is 3. The van der Waals surface area contributed by atoms with Gasteiger partial charge in [0.1, 0.15) is 5.75 Å². The average Bonchev–Trinajstić information content (AvgIpc) is 3.18. The van der Waals surface area contributed by atoms with E-state index in [-0.39, 0.29) is 11.6 Å². The zero-order valence-electron chi connectivity index (χ0n) is 11.3. The Morgan fingerprint density at radius 2 is 2.27 bits per heavy atom. The summed E-state index contributed by atoms with van der Waals surface area (Å²) in [5.41, 5.74) is 1.67. The molecule has 2 N–H and O–H groups in total. The normalized spacial score (nSPS) is 10.5. The predicted molar refractivity (Wildman–Crippen MR) is 83.4 cm³/mol. The lowest BCUT2D eigenvalue weighted by Gasteiger charge is -2.06. The predicted octanol–water partition coefficient (Wildman–Crippen LogP) is 2.84. The van der Waals surface area contributed by atoms with Gasteiger partial charge >= 0.3 is 0 Å². The summed E-state index contributed by atoms with van der Waals surface area (Å²) in [4.78, 5) is 11.9. The van der Waals surface area contributed by atoms with Crippen LogP contribution in [-0.4, -0.2) is 32.0 Å². The van der Waals surface area contributed by atoms with Crippen LogP contribution in [0.3, 0.4) is 0 Å². The monoisotopic (exact) mass is 335 g/mol. The average molecular weight is 336 g/mol. The van der Waals surface area contributed by atoms with E-state index in [2.05, 4.69) is 24.3 Å². The number of hydrogen-bond acceptors (Lipinski definition) is 6. The van der Waals surface area contributed by atoms with E-state index in [9.17, 15) is 4.79 Å². The first kappa shape index (κ1) is 14.5. The molecule has 0 bridgehead atoms. The van der Waals surface area contributed by atoms with Gasteiger partial charge in [-0.1, -0.05) is 11.6 Å². The van der Waals surface area contributed by atoms with Gasteiger partial charge in [-0.25, -0.2) is 0 Å². The first-order valence-corrected chi connectivity index (χ1v) is 7.26. The van der Waals surface area contributed by atoms with Crippen molar-refractivity contribution in [2.75, 3.05) is 12.4 Å². The Morgan fingerprint density at radius 3 is 3.00 bits per heavy atom. The number of amides is 1. The third kappa shape index (κ3) is 2.92. The summed E-state index contributed by atoms with van der Waals surface area (Å²) in [6.45, 7) is 0. The largest absolute Gasteiger partial charge is 0.496 e. The summed E-state index contributed by atoms with van der Waals surface area (Å²) in [7, 11) is 1.57. The van der Waals surface area contributed by atoms with Crippen molar-refractivity contribution in [1.29, 1.82) is 0 Å². The van der Waals surface area contributed by atoms with Gasteiger partial charge in [-0.05, 0) is 18.2 Å². The smallest absolute Gasteiger partial charge is 0.278 e. The molecular weight excluding hydrogens is 326 g/mol. The summed E-state index contributed by atoms with van der Waals surface area (Å²) >= 11 is 6.98. The zero-order valence-corrected chi connectivity index (χ0v) is 12.9. The van der Waals surface area contributed by atoms with Crippen molar-refractivity contribution in [3.8, 4) is 17.0 Å². The van der Waals surface area contributed by atoms with Crippen molar-refractivity contribution in [3.63, 3.8) is 0 Å². The Hall–Kier alpha value is -2.45. The molecule has 2 heterocycles. The van der Waals surface area contributed by atoms with Crippen molar-refractivity contribution < 1.29 is 9.53 Å². The first-order valence-electron chi connectivity index (χ1n) is 6.15. The van der Waals surface area contributed by atoms with Gasteiger partial charge in [0.05, 0.1) is 30.7 Å². The highest BCUT2D eigenvalue weighted by molar-refractivity contribution is 6.99. The van der Waals surface area contributed by atoms with Crippen molar-refractivity contribution in [1.82, 2.24) is 18.9 Å². The molecule has 0 unspecified atom stereocenters. The third-order valence-electron chi connectivity index (χ3n) is 2.87. The number of aromatic amines is 1. The van der Waals surface area contributed by atoms with Gasteiger partial charge < -0.3 is 10.1 Å². The van der Waals surface area contributed by atoms with Crippen LogP contribution in [0, 0.1) is 0 Å². The highest BCUT2D eigenvalue weighted by atomic mass is 35.5. The maximum atomic E-state index is 11.9. The molecule has 0 aliphatic carbocycles. The number of halogens is 1. The molecule has 22 heavy (non-hydrogen) atoms. The molecule has 0 fully saturated rings. The molecular formula is C13H10ClN5O2S. The first-order chi connectivity index (χ1) is 10.7. The summed E-state index contributed by atoms with van der Waals surface area (Å²) in [6, 6.07) is 6.94. The molecule has 3 aromatic rings. The minimum absolute atomic E-state index is 0.245. The molecule has 0 aliphatic rings. The van der Waals surface area contributed by atoms with Gasteiger partial charge in [-0.3, -0.25) is 9.89 Å². The number of hydrogen-bond donors (Lipinski definition) is 2. The molecule has 1 amide bonds. The Balaban J connectivity index is 1.85. The van der Waals surface area contributed by atoms with Crippen LogP contribution in [0.1, 0.15) is 10.5 Å². The molecule has 112 valence electrons. The van der Waals surface area contributed by atoms with E-state index in [0.29, 0.717) is 22.3 Å². The lowest BCUT2D eigenvalue weighted by atomic mass is 10.1. The fourth-order valence-corrected chi connectivity index (χ4v) is 2.44. The van der Waals surface area contributed by atoms with Crippen LogP contribution in [0.2, 0.25) is 5.02 Å². The molecule has 2 aromatic heterocycles. The number of methoxy groups -OCH3 is 1. The highest BCUT2D eigenvalue weighted by Crippen LogP contribution is 2.32. The van der Waals surface area contributed by atoms with Gasteiger partial charge in [-0.2, -0.15) is 13.8 Å². The summed E-state index contributed by atoms with van der Waals surface area (Å²) in [6.07, 6.45) is 1.40. The van der Waals surface area contributed by atoms with Gasteiger partial charge in [0.25, 0.3) is 5.91 Å². The number of ether oxygens (including phenoxy) is 1. The number of carbonyl (C=O) groups excluding carboxylic acids is 1. The van der Waals surface area contributed by atoms with E-state index >= 15 is 0 Å². The topological polar surface area (TPSA) is 92.8 Å². The van der Waals surface area contributed by atoms with E-state index < -0.39 is 0 Å². The molecule has 7 nitrogen and oxygen atoms in total. The number of anilines is 1. The van der Waals surface area contributed by atoms with Crippen LogP contribution in [0.15, 0.2) is 30.5 Å². The van der Waals surface area contributed by atoms with Crippen LogP contribution >= 0.6 is 23.3 Å². The number of aromatic nitrogens is 4. The van der Waals surface area contributed by atoms with E-state index in [1.165, 1.54) is 6.20 Å². The van der Waals surface area contributed by atoms with Crippen LogP contribution in [-0.2, 0) is 0 Å². The quantitative estimate of drug-likeness (QED) is 0.764. The summed E-state index contributed by atoms with van der Waals surface area (Å²) < 4.78 is 12.9. The minimum Gasteiger partial charge on any atom is -0.496 e. The van der Waals surface area contributed by atoms with Crippen molar-refractivity contribution in [2.45, 2.75) is 0 Å². The second kappa shape index (κ2) is 6.12. The molecule has 3 rings (SSSR count). The van der Waals surface area contributed by atoms with Crippen LogP contribution in [0.25, 0.3) is 11.3 Å². The number of nitrogens with one attached hydrogen (secondary N) is 2. The van der Waals surface area contributed by atoms with E-state index in [4.69, 9.17) is 16.3 Å². The van der Waals surface area contributed by atoms with Gasteiger partial charge in [0.2, 0.25) is 0 Å². The van der Waals surface area contributed by atoms with E-state index in [0.717, 1.165) is 17.3 Å². The maximum Gasteiger partial charge on any atom is 0.278 e. The third-order valence-corrected chi connectivity index (χ3v) is 3.58. The van der Waals surface area contributed by atoms with Gasteiger partial charge in [0.15, 0.2) is 11.5 Å². The molecule has 0 aliphatic heterocycles. The lowest BCUT2D eigenvalue weighted by molar-refractivity contribution is 0.102. The van der Waals surface area contributed by atoms with Gasteiger partial charge in [-0.15, -0.1) is 0 Å². The Bertz CT molecular complexity index is 803. The van der Waals surface area contributed by atoms with Crippen molar-refractivity contribution in [2.24, 2.45) is 0 Å². The fourth-order valence-electron chi connectivity index (χ4n) is 1.86.